The van der Waals surface area contributed by atoms with Crippen LogP contribution in [-0.4, -0.2) is 26.7 Å². The van der Waals surface area contributed by atoms with Crippen LogP contribution in [0.25, 0.3) is 0 Å². The molecule has 1 saturated carbocycles. The zero-order valence-electron chi connectivity index (χ0n) is 9.32. The average Bonchev–Trinajstić information content (AvgIpc) is 2.80. The van der Waals surface area contributed by atoms with Crippen molar-refractivity contribution >= 4 is 0 Å². The molecule has 0 aromatic heterocycles. The highest BCUT2D eigenvalue weighted by Gasteiger charge is 2.41. The normalized spacial score (nSPS) is 19.4. The Bertz CT molecular complexity index is 139. The van der Waals surface area contributed by atoms with Crippen LogP contribution >= 0.6 is 0 Å². The molecule has 0 atom stereocenters. The van der Waals surface area contributed by atoms with Crippen molar-refractivity contribution in [2.24, 2.45) is 11.3 Å². The topological polar surface area (TPSA) is 24.1 Å². The molecule has 0 bridgehead atoms. The lowest BCUT2D eigenvalue weighted by Gasteiger charge is -2.15. The van der Waals surface area contributed by atoms with E-state index in [4.69, 9.17) is 0 Å². The highest BCUT2D eigenvalue weighted by molar-refractivity contribution is 4.96. The molecular formula is C11H24N2. The molecule has 0 aliphatic heterocycles. The highest BCUT2D eigenvalue weighted by Crippen LogP contribution is 2.44. The molecule has 1 aliphatic rings. The Hall–Kier alpha value is -0.0800. The fourth-order valence-electron chi connectivity index (χ4n) is 1.71. The number of hydrogen-bond donors (Lipinski definition) is 2. The van der Waals surface area contributed by atoms with Crippen LogP contribution in [0, 0.1) is 11.3 Å². The number of nitrogens with one attached hydrogen (secondary N) is 2. The Morgan fingerprint density at radius 3 is 2.38 bits per heavy atom. The van der Waals surface area contributed by atoms with Crippen LogP contribution in [0.3, 0.4) is 0 Å². The SMILES string of the molecule is CNCC1(CNCCC(C)C)CC1. The third kappa shape index (κ3) is 4.10. The summed E-state index contributed by atoms with van der Waals surface area (Å²) in [7, 11) is 2.05. The van der Waals surface area contributed by atoms with Gasteiger partial charge in [0, 0.05) is 13.1 Å². The van der Waals surface area contributed by atoms with Gasteiger partial charge in [-0.2, -0.15) is 0 Å². The zero-order valence-corrected chi connectivity index (χ0v) is 9.32. The molecule has 78 valence electrons. The van der Waals surface area contributed by atoms with Gasteiger partial charge in [-0.05, 0) is 44.2 Å². The monoisotopic (exact) mass is 184 g/mol. The van der Waals surface area contributed by atoms with Gasteiger partial charge in [0.25, 0.3) is 0 Å². The summed E-state index contributed by atoms with van der Waals surface area (Å²) in [5.41, 5.74) is 0.617. The lowest BCUT2D eigenvalue weighted by Crippen LogP contribution is -2.32. The van der Waals surface area contributed by atoms with E-state index in [1.807, 2.05) is 7.05 Å². The molecule has 0 saturated heterocycles. The molecule has 0 amide bonds. The molecule has 0 aromatic carbocycles. The first kappa shape index (κ1) is 11.0. The van der Waals surface area contributed by atoms with Crippen molar-refractivity contribution in [3.8, 4) is 0 Å². The third-order valence-corrected chi connectivity index (χ3v) is 2.91. The Kier molecular flexibility index (Phi) is 4.20. The van der Waals surface area contributed by atoms with Gasteiger partial charge in [-0.3, -0.25) is 0 Å². The summed E-state index contributed by atoms with van der Waals surface area (Å²) in [5, 5.41) is 6.84. The van der Waals surface area contributed by atoms with Crippen LogP contribution in [0.4, 0.5) is 0 Å². The van der Waals surface area contributed by atoms with Crippen molar-refractivity contribution in [2.45, 2.75) is 33.1 Å². The molecule has 13 heavy (non-hydrogen) atoms. The summed E-state index contributed by atoms with van der Waals surface area (Å²) in [5.74, 6) is 0.826. The Labute approximate surface area is 82.5 Å². The van der Waals surface area contributed by atoms with E-state index in [1.54, 1.807) is 0 Å². The van der Waals surface area contributed by atoms with E-state index in [9.17, 15) is 0 Å². The summed E-state index contributed by atoms with van der Waals surface area (Å²) >= 11 is 0. The van der Waals surface area contributed by atoms with Gasteiger partial charge in [-0.25, -0.2) is 0 Å². The van der Waals surface area contributed by atoms with Crippen molar-refractivity contribution in [3.63, 3.8) is 0 Å². The maximum absolute atomic E-state index is 3.56. The minimum Gasteiger partial charge on any atom is -0.319 e. The van der Waals surface area contributed by atoms with Crippen molar-refractivity contribution in [1.29, 1.82) is 0 Å². The first-order chi connectivity index (χ1) is 6.18. The number of rotatable bonds is 7. The maximum atomic E-state index is 3.56. The van der Waals surface area contributed by atoms with Crippen LogP contribution in [0.15, 0.2) is 0 Å². The minimum atomic E-state index is 0.617. The molecule has 0 radical (unpaired) electrons. The maximum Gasteiger partial charge on any atom is 0.00200 e. The largest absolute Gasteiger partial charge is 0.319 e. The van der Waals surface area contributed by atoms with Gasteiger partial charge < -0.3 is 10.6 Å². The third-order valence-electron chi connectivity index (χ3n) is 2.91. The molecule has 2 N–H and O–H groups in total. The summed E-state index contributed by atoms with van der Waals surface area (Å²) < 4.78 is 0. The van der Waals surface area contributed by atoms with Crippen LogP contribution in [0.2, 0.25) is 0 Å². The second-order valence-corrected chi connectivity index (χ2v) is 4.89. The van der Waals surface area contributed by atoms with E-state index < -0.39 is 0 Å². The standard InChI is InChI=1S/C11H24N2/c1-10(2)4-7-13-9-11(5-6-11)8-12-3/h10,12-13H,4-9H2,1-3H3. The molecule has 0 unspecified atom stereocenters. The van der Waals surface area contributed by atoms with Crippen molar-refractivity contribution in [1.82, 2.24) is 10.6 Å². The van der Waals surface area contributed by atoms with Gasteiger partial charge in [0.05, 0.1) is 0 Å². The lowest BCUT2D eigenvalue weighted by molar-refractivity contribution is 0.425. The first-order valence-electron chi connectivity index (χ1n) is 5.54. The van der Waals surface area contributed by atoms with Gasteiger partial charge in [0.15, 0.2) is 0 Å². The predicted octanol–water partition coefficient (Wildman–Crippen LogP) is 1.62. The second-order valence-electron chi connectivity index (χ2n) is 4.89. The average molecular weight is 184 g/mol. The predicted molar refractivity (Wildman–Crippen MR) is 57.9 cm³/mol. The fraction of sp³-hybridized carbons (Fsp3) is 1.00. The Morgan fingerprint density at radius 2 is 1.92 bits per heavy atom. The second kappa shape index (κ2) is 4.97. The van der Waals surface area contributed by atoms with E-state index in [0.29, 0.717) is 5.41 Å². The molecule has 0 spiro atoms. The van der Waals surface area contributed by atoms with Gasteiger partial charge in [-0.1, -0.05) is 13.8 Å². The highest BCUT2D eigenvalue weighted by atomic mass is 14.9. The van der Waals surface area contributed by atoms with Gasteiger partial charge in [0.1, 0.15) is 0 Å². The van der Waals surface area contributed by atoms with Crippen LogP contribution in [-0.2, 0) is 0 Å². The van der Waals surface area contributed by atoms with Gasteiger partial charge in [-0.15, -0.1) is 0 Å². The molecule has 1 aliphatic carbocycles. The summed E-state index contributed by atoms with van der Waals surface area (Å²) in [6.07, 6.45) is 4.11. The van der Waals surface area contributed by atoms with E-state index >= 15 is 0 Å². The Balaban J connectivity index is 1.99. The molecule has 0 heterocycles. The smallest absolute Gasteiger partial charge is 0.00200 e. The quantitative estimate of drug-likeness (QED) is 0.588. The Morgan fingerprint density at radius 1 is 1.23 bits per heavy atom. The fourth-order valence-corrected chi connectivity index (χ4v) is 1.71. The summed E-state index contributed by atoms with van der Waals surface area (Å²) in [6, 6.07) is 0. The van der Waals surface area contributed by atoms with E-state index in [-0.39, 0.29) is 0 Å². The van der Waals surface area contributed by atoms with E-state index in [1.165, 1.54) is 38.9 Å². The van der Waals surface area contributed by atoms with E-state index in [2.05, 4.69) is 24.5 Å². The summed E-state index contributed by atoms with van der Waals surface area (Å²) in [6.45, 7) is 8.13. The first-order valence-corrected chi connectivity index (χ1v) is 5.54. The molecule has 1 fully saturated rings. The lowest BCUT2D eigenvalue weighted by atomic mass is 10.1. The van der Waals surface area contributed by atoms with Crippen LogP contribution in [0.1, 0.15) is 33.1 Å². The van der Waals surface area contributed by atoms with Crippen molar-refractivity contribution in [3.05, 3.63) is 0 Å². The van der Waals surface area contributed by atoms with E-state index in [0.717, 1.165) is 5.92 Å². The molecule has 2 heteroatoms. The van der Waals surface area contributed by atoms with Crippen LogP contribution in [0.5, 0.6) is 0 Å². The number of hydrogen-bond acceptors (Lipinski definition) is 2. The minimum absolute atomic E-state index is 0.617. The molecule has 2 nitrogen and oxygen atoms in total. The van der Waals surface area contributed by atoms with Crippen molar-refractivity contribution in [2.75, 3.05) is 26.7 Å². The van der Waals surface area contributed by atoms with Crippen LogP contribution < -0.4 is 10.6 Å². The van der Waals surface area contributed by atoms with Gasteiger partial charge in [0.2, 0.25) is 0 Å². The molecule has 0 aromatic rings. The van der Waals surface area contributed by atoms with Crippen molar-refractivity contribution < 1.29 is 0 Å². The van der Waals surface area contributed by atoms with Gasteiger partial charge >= 0.3 is 0 Å². The zero-order chi connectivity index (χ0) is 9.73. The summed E-state index contributed by atoms with van der Waals surface area (Å²) in [4.78, 5) is 0. The molecular weight excluding hydrogens is 160 g/mol. The molecule has 1 rings (SSSR count).